The maximum Gasteiger partial charge on any atom is 0.253 e. The lowest BCUT2D eigenvalue weighted by Gasteiger charge is -2.57. The largest absolute Gasteiger partial charge is 0.343 e. The molecule has 2 heterocycles. The number of fused-ring (bicyclic) bond motifs is 3. The number of hydrogen-bond donors (Lipinski definition) is 1. The zero-order valence-electron chi connectivity index (χ0n) is 15.4. The summed E-state index contributed by atoms with van der Waals surface area (Å²) in [5.74, 6) is -0.153. The van der Waals surface area contributed by atoms with Gasteiger partial charge in [-0.3, -0.25) is 9.69 Å². The van der Waals surface area contributed by atoms with Crippen molar-refractivity contribution < 1.29 is 9.18 Å². The molecule has 1 amide bonds. The summed E-state index contributed by atoms with van der Waals surface area (Å²) in [4.78, 5) is 15.5. The number of rotatable bonds is 4. The summed E-state index contributed by atoms with van der Waals surface area (Å²) in [7, 11) is 2.16. The Balaban J connectivity index is 1.71. The SMILES string of the molecule is CN1CC2CCC1(C(NC(=O)c1cccc(F)c1Cl)c1ccccc1)CC2. The summed E-state index contributed by atoms with van der Waals surface area (Å²) < 4.78 is 13.8. The first-order chi connectivity index (χ1) is 13.0. The number of piperidine rings is 2. The van der Waals surface area contributed by atoms with Gasteiger partial charge in [0, 0.05) is 12.1 Å². The highest BCUT2D eigenvalue weighted by Gasteiger charge is 2.50. The predicted molar refractivity (Wildman–Crippen MR) is 105 cm³/mol. The Morgan fingerprint density at radius 3 is 2.56 bits per heavy atom. The van der Waals surface area contributed by atoms with E-state index in [1.807, 2.05) is 18.2 Å². The second kappa shape index (κ2) is 7.25. The number of halogens is 2. The number of likely N-dealkylation sites (N-methyl/N-ethyl adjacent to an activating group) is 1. The summed E-state index contributed by atoms with van der Waals surface area (Å²) in [6.07, 6.45) is 4.46. The Kier molecular flexibility index (Phi) is 4.95. The Hall–Kier alpha value is -1.91. The normalized spacial score (nSPS) is 26.0. The van der Waals surface area contributed by atoms with Crippen LogP contribution in [0.4, 0.5) is 4.39 Å². The fraction of sp³-hybridized carbons (Fsp3) is 0.409. The third-order valence-electron chi connectivity index (χ3n) is 6.41. The van der Waals surface area contributed by atoms with Crippen LogP contribution < -0.4 is 5.32 Å². The summed E-state index contributed by atoms with van der Waals surface area (Å²) in [6, 6.07) is 14.3. The molecular weight excluding hydrogens is 363 g/mol. The molecule has 3 fully saturated rings. The standard InChI is InChI=1S/C22H24ClFN2O/c1-26-14-15-10-12-22(26,13-11-15)20(16-6-3-2-4-7-16)25-21(27)17-8-5-9-18(24)19(17)23/h2-9,15,20H,10-14H2,1H3,(H,25,27). The van der Waals surface area contributed by atoms with Crippen LogP contribution in [0, 0.1) is 11.7 Å². The molecule has 2 bridgehead atoms. The smallest absolute Gasteiger partial charge is 0.253 e. The van der Waals surface area contributed by atoms with Crippen LogP contribution >= 0.6 is 11.6 Å². The van der Waals surface area contributed by atoms with Gasteiger partial charge in [0.2, 0.25) is 0 Å². The highest BCUT2D eigenvalue weighted by Crippen LogP contribution is 2.49. The summed E-state index contributed by atoms with van der Waals surface area (Å²) in [6.45, 7) is 1.06. The number of hydrogen-bond acceptors (Lipinski definition) is 2. The third kappa shape index (κ3) is 3.26. The fourth-order valence-corrected chi connectivity index (χ4v) is 5.09. The maximum absolute atomic E-state index is 13.8. The molecule has 1 N–H and O–H groups in total. The monoisotopic (exact) mass is 386 g/mol. The van der Waals surface area contributed by atoms with E-state index in [-0.39, 0.29) is 28.1 Å². The highest BCUT2D eigenvalue weighted by molar-refractivity contribution is 6.34. The fourth-order valence-electron chi connectivity index (χ4n) is 4.88. The number of carbonyl (C=O) groups is 1. The topological polar surface area (TPSA) is 32.3 Å². The Morgan fingerprint density at radius 1 is 1.19 bits per heavy atom. The number of nitrogens with one attached hydrogen (secondary N) is 1. The maximum atomic E-state index is 13.8. The molecule has 142 valence electrons. The van der Waals surface area contributed by atoms with Crippen molar-refractivity contribution in [3.8, 4) is 0 Å². The lowest BCUT2D eigenvalue weighted by atomic mass is 9.66. The minimum Gasteiger partial charge on any atom is -0.343 e. The second-order valence-electron chi connectivity index (χ2n) is 7.85. The van der Waals surface area contributed by atoms with E-state index in [9.17, 15) is 9.18 Å². The molecule has 27 heavy (non-hydrogen) atoms. The first-order valence-corrected chi connectivity index (χ1v) is 9.90. The van der Waals surface area contributed by atoms with Crippen LogP contribution in [0.3, 0.4) is 0 Å². The molecule has 0 radical (unpaired) electrons. The van der Waals surface area contributed by atoms with Crippen molar-refractivity contribution in [1.29, 1.82) is 0 Å². The van der Waals surface area contributed by atoms with E-state index in [4.69, 9.17) is 11.6 Å². The van der Waals surface area contributed by atoms with Crippen LogP contribution in [0.25, 0.3) is 0 Å². The molecule has 2 aromatic carbocycles. The molecule has 2 aliphatic heterocycles. The molecule has 5 heteroatoms. The van der Waals surface area contributed by atoms with Crippen LogP contribution in [0.1, 0.15) is 47.6 Å². The highest BCUT2D eigenvalue weighted by atomic mass is 35.5. The van der Waals surface area contributed by atoms with Gasteiger partial charge >= 0.3 is 0 Å². The average molecular weight is 387 g/mol. The molecular formula is C22H24ClFN2O. The van der Waals surface area contributed by atoms with Gasteiger partial charge < -0.3 is 5.32 Å². The molecule has 1 saturated carbocycles. The van der Waals surface area contributed by atoms with Crippen LogP contribution in [-0.4, -0.2) is 29.9 Å². The molecule has 2 saturated heterocycles. The minimum atomic E-state index is -0.575. The van der Waals surface area contributed by atoms with E-state index in [1.54, 1.807) is 6.07 Å². The van der Waals surface area contributed by atoms with Crippen molar-refractivity contribution >= 4 is 17.5 Å². The number of amides is 1. The van der Waals surface area contributed by atoms with Gasteiger partial charge in [0.15, 0.2) is 0 Å². The van der Waals surface area contributed by atoms with Crippen LogP contribution in [0.5, 0.6) is 0 Å². The summed E-state index contributed by atoms with van der Waals surface area (Å²) >= 11 is 6.06. The molecule has 1 atom stereocenters. The third-order valence-corrected chi connectivity index (χ3v) is 6.79. The molecule has 2 aromatic rings. The zero-order valence-corrected chi connectivity index (χ0v) is 16.2. The van der Waals surface area contributed by atoms with Gasteiger partial charge in [0.1, 0.15) is 5.82 Å². The number of benzene rings is 2. The van der Waals surface area contributed by atoms with Crippen molar-refractivity contribution in [3.63, 3.8) is 0 Å². The lowest BCUT2D eigenvalue weighted by molar-refractivity contribution is -0.0404. The summed E-state index contributed by atoms with van der Waals surface area (Å²) in [5, 5.41) is 3.08. The summed E-state index contributed by atoms with van der Waals surface area (Å²) in [5.41, 5.74) is 1.14. The number of nitrogens with zero attached hydrogens (tertiary/aromatic N) is 1. The van der Waals surface area contributed by atoms with Crippen LogP contribution in [0.2, 0.25) is 5.02 Å². The van der Waals surface area contributed by atoms with E-state index < -0.39 is 5.82 Å². The van der Waals surface area contributed by atoms with E-state index in [0.29, 0.717) is 0 Å². The van der Waals surface area contributed by atoms with Gasteiger partial charge in [0.25, 0.3) is 5.91 Å². The van der Waals surface area contributed by atoms with Crippen LogP contribution in [0.15, 0.2) is 48.5 Å². The van der Waals surface area contributed by atoms with E-state index >= 15 is 0 Å². The molecule has 1 unspecified atom stereocenters. The van der Waals surface area contributed by atoms with Gasteiger partial charge in [-0.2, -0.15) is 0 Å². The minimum absolute atomic E-state index is 0.119. The number of carbonyl (C=O) groups excluding carboxylic acids is 1. The van der Waals surface area contributed by atoms with Crippen molar-refractivity contribution in [2.45, 2.75) is 37.3 Å². The van der Waals surface area contributed by atoms with Crippen molar-refractivity contribution in [2.24, 2.45) is 5.92 Å². The Labute approximate surface area is 164 Å². The Morgan fingerprint density at radius 2 is 1.89 bits per heavy atom. The lowest BCUT2D eigenvalue weighted by Crippen LogP contribution is -2.62. The second-order valence-corrected chi connectivity index (χ2v) is 8.22. The molecule has 0 aromatic heterocycles. The van der Waals surface area contributed by atoms with Gasteiger partial charge in [-0.1, -0.05) is 48.0 Å². The quantitative estimate of drug-likeness (QED) is 0.816. The van der Waals surface area contributed by atoms with Gasteiger partial charge in [-0.15, -0.1) is 0 Å². The molecule has 5 rings (SSSR count). The van der Waals surface area contributed by atoms with Crippen LogP contribution in [-0.2, 0) is 0 Å². The predicted octanol–water partition coefficient (Wildman–Crippen LogP) is 4.82. The Bertz CT molecular complexity index is 833. The van der Waals surface area contributed by atoms with E-state index in [1.165, 1.54) is 25.0 Å². The first-order valence-electron chi connectivity index (χ1n) is 9.52. The zero-order chi connectivity index (χ0) is 19.0. The van der Waals surface area contributed by atoms with Gasteiger partial charge in [-0.25, -0.2) is 4.39 Å². The van der Waals surface area contributed by atoms with Crippen molar-refractivity contribution in [1.82, 2.24) is 10.2 Å². The molecule has 1 aliphatic carbocycles. The average Bonchev–Trinajstić information content (AvgIpc) is 2.69. The van der Waals surface area contributed by atoms with E-state index in [2.05, 4.69) is 29.4 Å². The van der Waals surface area contributed by atoms with Crippen molar-refractivity contribution in [3.05, 3.63) is 70.5 Å². The van der Waals surface area contributed by atoms with E-state index in [0.717, 1.165) is 30.9 Å². The first kappa shape index (κ1) is 18.5. The molecule has 3 nitrogen and oxygen atoms in total. The van der Waals surface area contributed by atoms with Gasteiger partial charge in [-0.05, 0) is 56.3 Å². The van der Waals surface area contributed by atoms with Gasteiger partial charge in [0.05, 0.1) is 16.6 Å². The molecule has 0 spiro atoms. The van der Waals surface area contributed by atoms with Crippen molar-refractivity contribution in [2.75, 3.05) is 13.6 Å². The molecule has 3 aliphatic rings.